The van der Waals surface area contributed by atoms with Gasteiger partial charge in [-0.1, -0.05) is 24.6 Å². The quantitative estimate of drug-likeness (QED) is 0.899. The summed E-state index contributed by atoms with van der Waals surface area (Å²) in [6.45, 7) is 4.80. The van der Waals surface area contributed by atoms with Gasteiger partial charge in [0.15, 0.2) is 0 Å². The van der Waals surface area contributed by atoms with Crippen LogP contribution in [0.5, 0.6) is 5.75 Å². The molecule has 0 radical (unpaired) electrons. The molecule has 1 heterocycles. The highest BCUT2D eigenvalue weighted by Crippen LogP contribution is 2.37. The molecule has 5 nitrogen and oxygen atoms in total. The van der Waals surface area contributed by atoms with Crippen LogP contribution in [0.2, 0.25) is 0 Å². The lowest BCUT2D eigenvalue weighted by Crippen LogP contribution is -2.38. The third kappa shape index (κ3) is 3.49. The maximum Gasteiger partial charge on any atom is 0.225 e. The number of rotatable bonds is 5. The molecule has 3 atom stereocenters. The Bertz CT molecular complexity index is 629. The Morgan fingerprint density at radius 1 is 1.43 bits per heavy atom. The largest absolute Gasteiger partial charge is 0.496 e. The molecule has 1 N–H and O–H groups in total. The number of nitrogens with zero attached hydrogens (tertiary/aromatic N) is 1. The molecule has 1 aromatic carbocycles. The van der Waals surface area contributed by atoms with Gasteiger partial charge in [-0.2, -0.15) is 0 Å². The Labute approximate surface area is 137 Å². The fourth-order valence-corrected chi connectivity index (χ4v) is 3.38. The third-order valence-corrected chi connectivity index (χ3v) is 4.78. The molecule has 0 spiro atoms. The van der Waals surface area contributed by atoms with E-state index in [1.54, 1.807) is 7.11 Å². The second-order valence-electron chi connectivity index (χ2n) is 6.79. The van der Waals surface area contributed by atoms with Crippen molar-refractivity contribution in [3.05, 3.63) is 29.3 Å². The monoisotopic (exact) mass is 316 g/mol. The Kier molecular flexibility index (Phi) is 4.28. The van der Waals surface area contributed by atoms with Gasteiger partial charge < -0.3 is 15.0 Å². The van der Waals surface area contributed by atoms with Crippen LogP contribution in [0.25, 0.3) is 0 Å². The van der Waals surface area contributed by atoms with Gasteiger partial charge >= 0.3 is 0 Å². The fourth-order valence-electron chi connectivity index (χ4n) is 3.38. The molecular formula is C18H24N2O3. The van der Waals surface area contributed by atoms with E-state index >= 15 is 0 Å². The van der Waals surface area contributed by atoms with E-state index in [-0.39, 0.29) is 24.3 Å². The van der Waals surface area contributed by atoms with Crippen LogP contribution in [-0.4, -0.2) is 42.5 Å². The molecule has 1 aliphatic carbocycles. The molecule has 3 unspecified atom stereocenters. The topological polar surface area (TPSA) is 58.6 Å². The standard InChI is InChI=1S/C18H24N2O3/c1-11-4-5-16(23-3)13(6-11)8-17(21)19-14-9-18(22)20(10-14)15-7-12(15)2/h4-6,12,14-15H,7-10H2,1-3H3,(H,19,21). The minimum atomic E-state index is -0.0707. The number of hydrogen-bond acceptors (Lipinski definition) is 3. The molecule has 3 rings (SSSR count). The molecule has 0 aromatic heterocycles. The predicted octanol–water partition coefficient (Wildman–Crippen LogP) is 1.67. The summed E-state index contributed by atoms with van der Waals surface area (Å²) in [5.41, 5.74) is 1.97. The van der Waals surface area contributed by atoms with Crippen molar-refractivity contribution < 1.29 is 14.3 Å². The van der Waals surface area contributed by atoms with Crippen molar-refractivity contribution in [2.45, 2.75) is 45.2 Å². The van der Waals surface area contributed by atoms with Gasteiger partial charge in [-0.15, -0.1) is 0 Å². The van der Waals surface area contributed by atoms with Crippen molar-refractivity contribution in [1.29, 1.82) is 0 Å². The van der Waals surface area contributed by atoms with Gasteiger partial charge in [0.1, 0.15) is 5.75 Å². The molecule has 2 aliphatic rings. The van der Waals surface area contributed by atoms with Crippen molar-refractivity contribution >= 4 is 11.8 Å². The van der Waals surface area contributed by atoms with Crippen LogP contribution in [0.15, 0.2) is 18.2 Å². The number of benzene rings is 1. The molecular weight excluding hydrogens is 292 g/mol. The van der Waals surface area contributed by atoms with Gasteiger partial charge in [0, 0.05) is 24.6 Å². The zero-order valence-electron chi connectivity index (χ0n) is 14.0. The Morgan fingerprint density at radius 2 is 2.17 bits per heavy atom. The highest BCUT2D eigenvalue weighted by molar-refractivity contribution is 5.84. The zero-order chi connectivity index (χ0) is 16.6. The minimum Gasteiger partial charge on any atom is -0.496 e. The normalized spacial score (nSPS) is 26.3. The van der Waals surface area contributed by atoms with E-state index in [1.807, 2.05) is 30.0 Å². The summed E-state index contributed by atoms with van der Waals surface area (Å²) < 4.78 is 5.31. The first kappa shape index (κ1) is 15.8. The average molecular weight is 316 g/mol. The lowest BCUT2D eigenvalue weighted by atomic mass is 10.1. The second kappa shape index (κ2) is 6.22. The zero-order valence-corrected chi connectivity index (χ0v) is 14.0. The number of likely N-dealkylation sites (tertiary alicyclic amines) is 1. The molecule has 2 amide bonds. The van der Waals surface area contributed by atoms with Gasteiger partial charge in [0.05, 0.1) is 19.6 Å². The Hall–Kier alpha value is -2.04. The number of nitrogens with one attached hydrogen (secondary N) is 1. The van der Waals surface area contributed by atoms with E-state index in [4.69, 9.17) is 4.74 Å². The first-order valence-corrected chi connectivity index (χ1v) is 8.20. The van der Waals surface area contributed by atoms with Crippen molar-refractivity contribution in [1.82, 2.24) is 10.2 Å². The number of amides is 2. The third-order valence-electron chi connectivity index (χ3n) is 4.78. The van der Waals surface area contributed by atoms with Gasteiger partial charge in [-0.25, -0.2) is 0 Å². The molecule has 1 aromatic rings. The van der Waals surface area contributed by atoms with Crippen LogP contribution < -0.4 is 10.1 Å². The van der Waals surface area contributed by atoms with Crippen LogP contribution in [-0.2, 0) is 16.0 Å². The van der Waals surface area contributed by atoms with E-state index < -0.39 is 0 Å². The first-order valence-electron chi connectivity index (χ1n) is 8.20. The number of methoxy groups -OCH3 is 1. The lowest BCUT2D eigenvalue weighted by Gasteiger charge is -2.17. The van der Waals surface area contributed by atoms with Crippen molar-refractivity contribution in [2.24, 2.45) is 5.92 Å². The van der Waals surface area contributed by atoms with Crippen LogP contribution >= 0.6 is 0 Å². The van der Waals surface area contributed by atoms with Gasteiger partial charge in [0.2, 0.25) is 11.8 Å². The molecule has 124 valence electrons. The summed E-state index contributed by atoms with van der Waals surface area (Å²) in [5, 5.41) is 3.00. The molecule has 1 saturated heterocycles. The van der Waals surface area contributed by atoms with Crippen molar-refractivity contribution in [3.63, 3.8) is 0 Å². The van der Waals surface area contributed by atoms with Gasteiger partial charge in [-0.3, -0.25) is 9.59 Å². The maximum atomic E-state index is 12.3. The summed E-state index contributed by atoms with van der Waals surface area (Å²) >= 11 is 0. The number of carbonyl (C=O) groups is 2. The van der Waals surface area contributed by atoms with E-state index in [2.05, 4.69) is 12.2 Å². The van der Waals surface area contributed by atoms with E-state index in [0.29, 0.717) is 24.9 Å². The van der Waals surface area contributed by atoms with E-state index in [0.717, 1.165) is 23.3 Å². The highest BCUT2D eigenvalue weighted by atomic mass is 16.5. The maximum absolute atomic E-state index is 12.3. The molecule has 23 heavy (non-hydrogen) atoms. The SMILES string of the molecule is COc1ccc(C)cc1CC(=O)NC1CC(=O)N(C2CC2C)C1. The number of hydrogen-bond donors (Lipinski definition) is 1. The number of carbonyl (C=O) groups excluding carboxylic acids is 2. The van der Waals surface area contributed by atoms with Crippen LogP contribution in [0.3, 0.4) is 0 Å². The van der Waals surface area contributed by atoms with E-state index in [1.165, 1.54) is 0 Å². The van der Waals surface area contributed by atoms with E-state index in [9.17, 15) is 9.59 Å². The Morgan fingerprint density at radius 3 is 2.83 bits per heavy atom. The summed E-state index contributed by atoms with van der Waals surface area (Å²) in [4.78, 5) is 26.3. The van der Waals surface area contributed by atoms with Crippen molar-refractivity contribution in [3.8, 4) is 5.75 Å². The first-order chi connectivity index (χ1) is 11.0. The predicted molar refractivity (Wildman–Crippen MR) is 87.3 cm³/mol. The van der Waals surface area contributed by atoms with Crippen LogP contribution in [0.1, 0.15) is 30.9 Å². The lowest BCUT2D eigenvalue weighted by molar-refractivity contribution is -0.128. The Balaban J connectivity index is 1.58. The minimum absolute atomic E-state index is 0.0580. The molecule has 1 aliphatic heterocycles. The average Bonchev–Trinajstić information content (AvgIpc) is 3.10. The van der Waals surface area contributed by atoms with Gasteiger partial charge in [0.25, 0.3) is 0 Å². The summed E-state index contributed by atoms with van der Waals surface area (Å²) in [6.07, 6.45) is 1.78. The van der Waals surface area contributed by atoms with Crippen LogP contribution in [0, 0.1) is 12.8 Å². The van der Waals surface area contributed by atoms with Crippen molar-refractivity contribution in [2.75, 3.05) is 13.7 Å². The summed E-state index contributed by atoms with van der Waals surface area (Å²) in [6, 6.07) is 6.13. The molecule has 5 heteroatoms. The summed E-state index contributed by atoms with van der Waals surface area (Å²) in [5.74, 6) is 1.43. The molecule has 0 bridgehead atoms. The number of ether oxygens (including phenoxy) is 1. The number of aryl methyl sites for hydroxylation is 1. The van der Waals surface area contributed by atoms with Crippen LogP contribution in [0.4, 0.5) is 0 Å². The highest BCUT2D eigenvalue weighted by Gasteiger charge is 2.44. The fraction of sp³-hybridized carbons (Fsp3) is 0.556. The second-order valence-corrected chi connectivity index (χ2v) is 6.79. The molecule has 1 saturated carbocycles. The summed E-state index contributed by atoms with van der Waals surface area (Å²) in [7, 11) is 1.61. The molecule has 2 fully saturated rings. The van der Waals surface area contributed by atoms with Gasteiger partial charge in [-0.05, 0) is 25.3 Å². The smallest absolute Gasteiger partial charge is 0.225 e.